The number of carbonyl (C=O) groups is 1. The van der Waals surface area contributed by atoms with E-state index in [4.69, 9.17) is 9.84 Å². The molecule has 8 heteroatoms. The minimum atomic E-state index is -0.137. The first-order valence-corrected chi connectivity index (χ1v) is 9.78. The lowest BCUT2D eigenvalue weighted by atomic mass is 9.96. The van der Waals surface area contributed by atoms with Gasteiger partial charge in [-0.15, -0.1) is 15.3 Å². The number of rotatable bonds is 2. The summed E-state index contributed by atoms with van der Waals surface area (Å²) in [6, 6.07) is 3.94. The topological polar surface area (TPSA) is 75.9 Å². The van der Waals surface area contributed by atoms with Gasteiger partial charge in [0.15, 0.2) is 11.5 Å². The molecular weight excluding hydrogens is 344 g/mol. The lowest BCUT2D eigenvalue weighted by Crippen LogP contribution is -2.48. The van der Waals surface area contributed by atoms with Gasteiger partial charge in [0.25, 0.3) is 0 Å². The summed E-state index contributed by atoms with van der Waals surface area (Å²) in [5.41, 5.74) is 0.614. The molecule has 0 spiro atoms. The van der Waals surface area contributed by atoms with E-state index in [2.05, 4.69) is 35.9 Å². The molecule has 1 unspecified atom stereocenters. The first-order valence-electron chi connectivity index (χ1n) is 9.78. The van der Waals surface area contributed by atoms with Gasteiger partial charge in [-0.1, -0.05) is 20.8 Å². The first kappa shape index (κ1) is 18.2. The summed E-state index contributed by atoms with van der Waals surface area (Å²) in [5, 5.41) is 13.4. The highest BCUT2D eigenvalue weighted by molar-refractivity contribution is 5.79. The lowest BCUT2D eigenvalue weighted by molar-refractivity contribution is -0.139. The van der Waals surface area contributed by atoms with Crippen molar-refractivity contribution in [1.29, 1.82) is 0 Å². The highest BCUT2D eigenvalue weighted by Gasteiger charge is 2.31. The molecule has 2 aromatic heterocycles. The molecule has 0 saturated carbocycles. The Morgan fingerprint density at radius 3 is 2.67 bits per heavy atom. The molecule has 8 nitrogen and oxygen atoms in total. The van der Waals surface area contributed by atoms with Gasteiger partial charge in [-0.2, -0.15) is 4.52 Å². The van der Waals surface area contributed by atoms with Crippen LogP contribution >= 0.6 is 0 Å². The maximum Gasteiger partial charge on any atom is 0.227 e. The fourth-order valence-corrected chi connectivity index (χ4v) is 3.84. The van der Waals surface area contributed by atoms with E-state index in [-0.39, 0.29) is 17.2 Å². The highest BCUT2D eigenvalue weighted by Crippen LogP contribution is 2.25. The number of hydrogen-bond acceptors (Lipinski definition) is 6. The fourth-order valence-electron chi connectivity index (χ4n) is 3.84. The molecule has 2 fully saturated rings. The van der Waals surface area contributed by atoms with Crippen molar-refractivity contribution in [3.63, 3.8) is 0 Å². The molecule has 27 heavy (non-hydrogen) atoms. The highest BCUT2D eigenvalue weighted by atomic mass is 16.5. The molecule has 146 valence electrons. The number of amides is 1. The third kappa shape index (κ3) is 3.63. The van der Waals surface area contributed by atoms with Gasteiger partial charge in [0.2, 0.25) is 5.91 Å². The molecule has 2 aliphatic heterocycles. The summed E-state index contributed by atoms with van der Waals surface area (Å²) >= 11 is 0. The van der Waals surface area contributed by atoms with Gasteiger partial charge < -0.3 is 14.5 Å². The summed E-state index contributed by atoms with van der Waals surface area (Å²) in [5.74, 6) is 2.01. The maximum absolute atomic E-state index is 12.9. The number of carbonyl (C=O) groups excluding carboxylic acids is 1. The van der Waals surface area contributed by atoms with Crippen molar-refractivity contribution in [3.05, 3.63) is 18.0 Å². The lowest BCUT2D eigenvalue weighted by Gasteiger charge is -2.36. The van der Waals surface area contributed by atoms with Crippen LogP contribution < -0.4 is 4.90 Å². The first-order chi connectivity index (χ1) is 12.9. The minimum Gasteiger partial charge on any atom is -0.378 e. The largest absolute Gasteiger partial charge is 0.378 e. The standard InChI is InChI=1S/C19H28N6O2/c1-19(2,3)18-21-20-15-6-7-16(22-25(15)18)24-8-4-5-14(13-24)17(26)23-9-11-27-12-10-23/h6-7,14H,4-5,8-13H2,1-3H3. The predicted molar refractivity (Wildman–Crippen MR) is 102 cm³/mol. The molecule has 0 bridgehead atoms. The van der Waals surface area contributed by atoms with E-state index in [9.17, 15) is 4.79 Å². The molecule has 1 amide bonds. The van der Waals surface area contributed by atoms with Crippen molar-refractivity contribution in [2.45, 2.75) is 39.0 Å². The SMILES string of the molecule is CC(C)(C)c1nnc2ccc(N3CCCC(C(=O)N4CCOCC4)C3)nn12. The monoisotopic (exact) mass is 372 g/mol. The number of hydrogen-bond donors (Lipinski definition) is 0. The van der Waals surface area contributed by atoms with Gasteiger partial charge in [0.1, 0.15) is 5.82 Å². The number of aromatic nitrogens is 4. The smallest absolute Gasteiger partial charge is 0.227 e. The predicted octanol–water partition coefficient (Wildman–Crippen LogP) is 1.50. The Morgan fingerprint density at radius 1 is 1.15 bits per heavy atom. The molecule has 0 aromatic carbocycles. The molecule has 2 aromatic rings. The average molecular weight is 372 g/mol. The van der Waals surface area contributed by atoms with E-state index in [1.165, 1.54) is 0 Å². The van der Waals surface area contributed by atoms with E-state index in [1.807, 2.05) is 21.5 Å². The Morgan fingerprint density at radius 2 is 1.93 bits per heavy atom. The quantitative estimate of drug-likeness (QED) is 0.795. The normalized spacial score (nSPS) is 21.7. The van der Waals surface area contributed by atoms with Gasteiger partial charge in [-0.3, -0.25) is 4.79 Å². The van der Waals surface area contributed by atoms with Crippen LogP contribution in [0.1, 0.15) is 39.4 Å². The Labute approximate surface area is 159 Å². The minimum absolute atomic E-state index is 0.0253. The second-order valence-corrected chi connectivity index (χ2v) is 8.46. The zero-order chi connectivity index (χ0) is 19.0. The van der Waals surface area contributed by atoms with Crippen molar-refractivity contribution in [2.75, 3.05) is 44.3 Å². The molecule has 0 aliphatic carbocycles. The van der Waals surface area contributed by atoms with Crippen LogP contribution in [0.25, 0.3) is 5.65 Å². The molecular formula is C19H28N6O2. The Bertz CT molecular complexity index is 821. The van der Waals surface area contributed by atoms with Crippen LogP contribution in [-0.4, -0.2) is 70.0 Å². The van der Waals surface area contributed by atoms with Crippen molar-refractivity contribution in [2.24, 2.45) is 5.92 Å². The third-order valence-electron chi connectivity index (χ3n) is 5.34. The van der Waals surface area contributed by atoms with Gasteiger partial charge in [-0.05, 0) is 25.0 Å². The van der Waals surface area contributed by atoms with E-state index >= 15 is 0 Å². The summed E-state index contributed by atoms with van der Waals surface area (Å²) < 4.78 is 7.21. The second kappa shape index (κ2) is 7.07. The van der Waals surface area contributed by atoms with E-state index in [0.717, 1.165) is 36.7 Å². The van der Waals surface area contributed by atoms with Crippen LogP contribution in [0.4, 0.5) is 5.82 Å². The Balaban J connectivity index is 1.55. The van der Waals surface area contributed by atoms with Gasteiger partial charge in [0, 0.05) is 31.6 Å². The average Bonchev–Trinajstić information content (AvgIpc) is 3.12. The zero-order valence-corrected chi connectivity index (χ0v) is 16.4. The summed E-state index contributed by atoms with van der Waals surface area (Å²) in [4.78, 5) is 17.1. The molecule has 2 saturated heterocycles. The van der Waals surface area contributed by atoms with Crippen LogP contribution in [-0.2, 0) is 14.9 Å². The number of fused-ring (bicyclic) bond motifs is 1. The van der Waals surface area contributed by atoms with Crippen molar-refractivity contribution >= 4 is 17.4 Å². The summed E-state index contributed by atoms with van der Waals surface area (Å²) in [6.07, 6.45) is 1.93. The van der Waals surface area contributed by atoms with Gasteiger partial charge in [-0.25, -0.2) is 0 Å². The number of anilines is 1. The zero-order valence-electron chi connectivity index (χ0n) is 16.4. The molecule has 4 rings (SSSR count). The fraction of sp³-hybridized carbons (Fsp3) is 0.684. The van der Waals surface area contributed by atoms with E-state index in [0.29, 0.717) is 32.8 Å². The number of nitrogens with zero attached hydrogens (tertiary/aromatic N) is 6. The number of piperidine rings is 1. The summed E-state index contributed by atoms with van der Waals surface area (Å²) in [6.45, 7) is 10.6. The molecule has 2 aliphatic rings. The Kier molecular flexibility index (Phi) is 4.75. The van der Waals surface area contributed by atoms with Crippen LogP contribution in [0.15, 0.2) is 12.1 Å². The summed E-state index contributed by atoms with van der Waals surface area (Å²) in [7, 11) is 0. The molecule has 0 N–H and O–H groups in total. The third-order valence-corrected chi connectivity index (χ3v) is 5.34. The molecule has 1 atom stereocenters. The van der Waals surface area contributed by atoms with Crippen LogP contribution in [0.3, 0.4) is 0 Å². The van der Waals surface area contributed by atoms with E-state index < -0.39 is 0 Å². The molecule has 0 radical (unpaired) electrons. The van der Waals surface area contributed by atoms with Crippen molar-refractivity contribution < 1.29 is 9.53 Å². The molecule has 4 heterocycles. The van der Waals surface area contributed by atoms with E-state index in [1.54, 1.807) is 0 Å². The number of morpholine rings is 1. The van der Waals surface area contributed by atoms with Gasteiger partial charge in [0.05, 0.1) is 19.1 Å². The van der Waals surface area contributed by atoms with Crippen molar-refractivity contribution in [3.8, 4) is 0 Å². The number of ether oxygens (including phenoxy) is 1. The Hall–Kier alpha value is -2.22. The van der Waals surface area contributed by atoms with Crippen LogP contribution in [0.5, 0.6) is 0 Å². The second-order valence-electron chi connectivity index (χ2n) is 8.46. The van der Waals surface area contributed by atoms with Crippen molar-refractivity contribution in [1.82, 2.24) is 24.7 Å². The maximum atomic E-state index is 12.9. The van der Waals surface area contributed by atoms with Gasteiger partial charge >= 0.3 is 0 Å². The van der Waals surface area contributed by atoms with Crippen LogP contribution in [0.2, 0.25) is 0 Å². The van der Waals surface area contributed by atoms with Crippen LogP contribution in [0, 0.1) is 5.92 Å².